The number of nitrogens with one attached hydrogen (secondary N) is 1. The molecule has 3 aromatic heterocycles. The summed E-state index contributed by atoms with van der Waals surface area (Å²) in [6.07, 6.45) is 0. The summed E-state index contributed by atoms with van der Waals surface area (Å²) >= 11 is 3.19. The number of carbonyl (C=O) groups is 1. The summed E-state index contributed by atoms with van der Waals surface area (Å²) in [5.41, 5.74) is 2.63. The number of thiophene rings is 2. The second-order valence-electron chi connectivity index (χ2n) is 4.32. The van der Waals surface area contributed by atoms with Crippen molar-refractivity contribution in [2.75, 3.05) is 0 Å². The van der Waals surface area contributed by atoms with Crippen LogP contribution >= 0.6 is 22.7 Å². The zero-order chi connectivity index (χ0) is 13.9. The number of rotatable bonds is 4. The number of hydrogen-bond acceptors (Lipinski definition) is 4. The summed E-state index contributed by atoms with van der Waals surface area (Å²) in [4.78, 5) is 13.0. The smallest absolute Gasteiger partial charge is 0.252 e. The Balaban J connectivity index is 1.70. The third-order valence-corrected chi connectivity index (χ3v) is 4.49. The molecule has 4 nitrogen and oxygen atoms in total. The molecule has 6 heteroatoms. The summed E-state index contributed by atoms with van der Waals surface area (Å²) in [6.45, 7) is 0.438. The van der Waals surface area contributed by atoms with Crippen LogP contribution in [-0.2, 0) is 13.6 Å². The number of nitrogens with zero attached hydrogens (tertiary/aromatic N) is 2. The largest absolute Gasteiger partial charge is 0.346 e. The van der Waals surface area contributed by atoms with Crippen molar-refractivity contribution in [3.8, 4) is 10.6 Å². The topological polar surface area (TPSA) is 46.9 Å². The van der Waals surface area contributed by atoms with Crippen molar-refractivity contribution in [3.63, 3.8) is 0 Å². The van der Waals surface area contributed by atoms with E-state index in [2.05, 4.69) is 16.5 Å². The van der Waals surface area contributed by atoms with Gasteiger partial charge < -0.3 is 5.32 Å². The number of aryl methyl sites for hydroxylation is 1. The van der Waals surface area contributed by atoms with Crippen molar-refractivity contribution in [1.29, 1.82) is 0 Å². The van der Waals surface area contributed by atoms with Gasteiger partial charge in [-0.2, -0.15) is 16.4 Å². The van der Waals surface area contributed by atoms with E-state index in [-0.39, 0.29) is 5.91 Å². The average molecular weight is 303 g/mol. The Bertz CT molecular complexity index is 699. The highest BCUT2D eigenvalue weighted by Crippen LogP contribution is 2.24. The first-order chi connectivity index (χ1) is 9.74. The van der Waals surface area contributed by atoms with Crippen LogP contribution in [0.1, 0.15) is 16.1 Å². The zero-order valence-electron chi connectivity index (χ0n) is 10.9. The molecular formula is C14H13N3OS2. The van der Waals surface area contributed by atoms with E-state index in [9.17, 15) is 4.79 Å². The van der Waals surface area contributed by atoms with Gasteiger partial charge in [-0.25, -0.2) is 0 Å². The van der Waals surface area contributed by atoms with Gasteiger partial charge in [-0.05, 0) is 29.0 Å². The highest BCUT2D eigenvalue weighted by atomic mass is 32.1. The molecule has 102 valence electrons. The van der Waals surface area contributed by atoms with Crippen LogP contribution in [0.2, 0.25) is 0 Å². The molecule has 3 heterocycles. The van der Waals surface area contributed by atoms with Gasteiger partial charge in [-0.3, -0.25) is 9.48 Å². The van der Waals surface area contributed by atoms with Crippen molar-refractivity contribution >= 4 is 28.6 Å². The molecule has 0 unspecified atom stereocenters. The quantitative estimate of drug-likeness (QED) is 0.805. The predicted molar refractivity (Wildman–Crippen MR) is 82.0 cm³/mol. The van der Waals surface area contributed by atoms with Crippen molar-refractivity contribution in [2.24, 2.45) is 7.05 Å². The van der Waals surface area contributed by atoms with Gasteiger partial charge in [0, 0.05) is 18.0 Å². The molecular weight excluding hydrogens is 290 g/mol. The fourth-order valence-electron chi connectivity index (χ4n) is 1.93. The van der Waals surface area contributed by atoms with Gasteiger partial charge in [0.1, 0.15) is 0 Å². The lowest BCUT2D eigenvalue weighted by Gasteiger charge is -2.00. The minimum absolute atomic E-state index is 0.0606. The van der Waals surface area contributed by atoms with Crippen LogP contribution in [0.5, 0.6) is 0 Å². The average Bonchev–Trinajstić information content (AvgIpc) is 3.17. The molecule has 0 aliphatic rings. The molecule has 20 heavy (non-hydrogen) atoms. The Kier molecular flexibility index (Phi) is 3.66. The first-order valence-corrected chi connectivity index (χ1v) is 7.93. The summed E-state index contributed by atoms with van der Waals surface area (Å²) < 4.78 is 1.85. The third kappa shape index (κ3) is 2.66. The minimum atomic E-state index is -0.0606. The van der Waals surface area contributed by atoms with Gasteiger partial charge >= 0.3 is 0 Å². The molecule has 1 N–H and O–H groups in total. The summed E-state index contributed by atoms with van der Waals surface area (Å²) in [7, 11) is 1.92. The summed E-state index contributed by atoms with van der Waals surface area (Å²) in [6, 6.07) is 7.91. The molecule has 0 saturated heterocycles. The van der Waals surface area contributed by atoms with Crippen molar-refractivity contribution in [1.82, 2.24) is 15.1 Å². The minimum Gasteiger partial charge on any atom is -0.346 e. The number of hydrogen-bond donors (Lipinski definition) is 1. The Morgan fingerprint density at radius 2 is 2.30 bits per heavy atom. The molecule has 3 aromatic rings. The lowest BCUT2D eigenvalue weighted by molar-refractivity contribution is 0.0951. The predicted octanol–water partition coefficient (Wildman–Crippen LogP) is 3.14. The molecule has 1 amide bonds. The molecule has 3 rings (SSSR count). The second kappa shape index (κ2) is 5.60. The molecule has 0 saturated carbocycles. The SMILES string of the molecule is Cn1nc(CNC(=O)c2ccsc2)cc1-c1cccs1. The highest BCUT2D eigenvalue weighted by molar-refractivity contribution is 7.13. The Hall–Kier alpha value is -1.92. The Labute approximate surface area is 124 Å². The van der Waals surface area contributed by atoms with E-state index in [0.29, 0.717) is 12.1 Å². The van der Waals surface area contributed by atoms with Crippen LogP contribution in [0.4, 0.5) is 0 Å². The van der Waals surface area contributed by atoms with Crippen LogP contribution < -0.4 is 5.32 Å². The molecule has 0 spiro atoms. The van der Waals surface area contributed by atoms with E-state index < -0.39 is 0 Å². The first-order valence-electron chi connectivity index (χ1n) is 6.11. The fourth-order valence-corrected chi connectivity index (χ4v) is 3.34. The van der Waals surface area contributed by atoms with E-state index >= 15 is 0 Å². The highest BCUT2D eigenvalue weighted by Gasteiger charge is 2.10. The van der Waals surface area contributed by atoms with Gasteiger partial charge in [-0.1, -0.05) is 6.07 Å². The molecule has 0 aromatic carbocycles. The maximum absolute atomic E-state index is 11.9. The van der Waals surface area contributed by atoms with E-state index in [1.54, 1.807) is 11.3 Å². The number of amides is 1. The molecule has 0 radical (unpaired) electrons. The lowest BCUT2D eigenvalue weighted by atomic mass is 10.3. The van der Waals surface area contributed by atoms with Crippen molar-refractivity contribution in [3.05, 3.63) is 51.7 Å². The second-order valence-corrected chi connectivity index (χ2v) is 6.04. The molecule has 0 aliphatic carbocycles. The third-order valence-electron chi connectivity index (χ3n) is 2.92. The fraction of sp³-hybridized carbons (Fsp3) is 0.143. The van der Waals surface area contributed by atoms with Crippen LogP contribution in [0.25, 0.3) is 10.6 Å². The van der Waals surface area contributed by atoms with Crippen LogP contribution in [0, 0.1) is 0 Å². The lowest BCUT2D eigenvalue weighted by Crippen LogP contribution is -2.22. The Morgan fingerprint density at radius 3 is 3.00 bits per heavy atom. The monoisotopic (exact) mass is 303 g/mol. The molecule has 0 bridgehead atoms. The van der Waals surface area contributed by atoms with Gasteiger partial charge in [0.2, 0.25) is 0 Å². The maximum atomic E-state index is 11.9. The summed E-state index contributed by atoms with van der Waals surface area (Å²) in [5, 5.41) is 13.1. The number of carbonyl (C=O) groups excluding carboxylic acids is 1. The molecule has 0 atom stereocenters. The maximum Gasteiger partial charge on any atom is 0.252 e. The van der Waals surface area contributed by atoms with Crippen LogP contribution in [0.15, 0.2) is 40.4 Å². The van der Waals surface area contributed by atoms with Crippen LogP contribution in [0.3, 0.4) is 0 Å². The summed E-state index contributed by atoms with van der Waals surface area (Å²) in [5.74, 6) is -0.0606. The van der Waals surface area contributed by atoms with Gasteiger partial charge in [-0.15, -0.1) is 11.3 Å². The van der Waals surface area contributed by atoms with E-state index in [0.717, 1.165) is 11.4 Å². The van der Waals surface area contributed by atoms with E-state index in [1.807, 2.05) is 46.1 Å². The number of aromatic nitrogens is 2. The van der Waals surface area contributed by atoms with Gasteiger partial charge in [0.25, 0.3) is 5.91 Å². The van der Waals surface area contributed by atoms with Crippen molar-refractivity contribution < 1.29 is 4.79 Å². The molecule has 0 fully saturated rings. The zero-order valence-corrected chi connectivity index (χ0v) is 12.5. The van der Waals surface area contributed by atoms with Crippen molar-refractivity contribution in [2.45, 2.75) is 6.54 Å². The van der Waals surface area contributed by atoms with Gasteiger partial charge in [0.05, 0.1) is 22.8 Å². The first kappa shape index (κ1) is 13.1. The standard InChI is InChI=1S/C14H13N3OS2/c1-17-12(13-3-2-5-20-13)7-11(16-17)8-15-14(18)10-4-6-19-9-10/h2-7,9H,8H2,1H3,(H,15,18). The van der Waals surface area contributed by atoms with Crippen LogP contribution in [-0.4, -0.2) is 15.7 Å². The Morgan fingerprint density at radius 1 is 1.40 bits per heavy atom. The van der Waals surface area contributed by atoms with E-state index in [1.165, 1.54) is 16.2 Å². The van der Waals surface area contributed by atoms with Gasteiger partial charge in [0.15, 0.2) is 0 Å². The molecule has 0 aliphatic heterocycles. The van der Waals surface area contributed by atoms with E-state index in [4.69, 9.17) is 0 Å². The normalized spacial score (nSPS) is 10.7.